The number of aliphatic hydroxyl groups is 5. The average molecular weight is 352 g/mol. The Hall–Kier alpha value is -0.720. The van der Waals surface area contributed by atoms with Crippen LogP contribution >= 0.6 is 0 Å². The smallest absolute Gasteiger partial charge is 0.102 e. The van der Waals surface area contributed by atoms with Crippen molar-refractivity contribution in [2.45, 2.75) is 77.5 Å². The van der Waals surface area contributed by atoms with Crippen molar-refractivity contribution in [2.75, 3.05) is 0 Å². The molecule has 3 aliphatic rings. The van der Waals surface area contributed by atoms with E-state index in [0.29, 0.717) is 5.57 Å². The highest BCUT2D eigenvalue weighted by molar-refractivity contribution is 5.34. The van der Waals surface area contributed by atoms with Crippen molar-refractivity contribution < 1.29 is 25.5 Å². The lowest BCUT2D eigenvalue weighted by molar-refractivity contribution is -0.192. The van der Waals surface area contributed by atoms with Crippen LogP contribution in [-0.4, -0.2) is 56.1 Å². The van der Waals surface area contributed by atoms with E-state index in [-0.39, 0.29) is 12.3 Å². The monoisotopic (exact) mass is 352 g/mol. The zero-order chi connectivity index (χ0) is 18.9. The van der Waals surface area contributed by atoms with Crippen LogP contribution in [0.2, 0.25) is 0 Å². The molecule has 0 saturated heterocycles. The maximum absolute atomic E-state index is 11.3. The Morgan fingerprint density at radius 1 is 1.04 bits per heavy atom. The number of hydrogen-bond acceptors (Lipinski definition) is 5. The number of fused-ring (bicyclic) bond motifs is 3. The summed E-state index contributed by atoms with van der Waals surface area (Å²) >= 11 is 0. The summed E-state index contributed by atoms with van der Waals surface area (Å²) in [6, 6.07) is 0. The van der Waals surface area contributed by atoms with E-state index in [2.05, 4.69) is 6.58 Å². The zero-order valence-electron chi connectivity index (χ0n) is 15.6. The molecule has 0 aromatic rings. The highest BCUT2D eigenvalue weighted by atomic mass is 16.3. The van der Waals surface area contributed by atoms with Crippen molar-refractivity contribution in [1.29, 1.82) is 0 Å². The van der Waals surface area contributed by atoms with Crippen molar-refractivity contribution >= 4 is 0 Å². The third-order valence-corrected chi connectivity index (χ3v) is 7.56. The second-order valence-electron chi connectivity index (χ2n) is 9.13. The Labute approximate surface area is 149 Å². The SMILES string of the molecule is C=C1[C@@H](O)C[C@H](O)[C@@]2(C)[C@@H](O)[C@H](O)C3=C(C)CC[C@@H]([C@@H](O)[C@H]12)C3(C)C. The van der Waals surface area contributed by atoms with Crippen molar-refractivity contribution in [3.8, 4) is 0 Å². The second-order valence-corrected chi connectivity index (χ2v) is 9.13. The molecule has 5 N–H and O–H groups in total. The molecule has 0 spiro atoms. The standard InChI is InChI=1S/C20H32O5/c1-9-6-7-11-16(23)15-10(2)12(21)8-13(22)20(15,5)18(25)17(24)14(9)19(11,3)4/h11-13,15-18,21-25H,2,6-8H2,1,3-5H3/t11-,12-,13-,15-,16+,17+,18-,20+/m0/s1. The molecule has 5 nitrogen and oxygen atoms in total. The molecule has 0 radical (unpaired) electrons. The van der Waals surface area contributed by atoms with Crippen LogP contribution in [-0.2, 0) is 0 Å². The van der Waals surface area contributed by atoms with Crippen LogP contribution in [0.5, 0.6) is 0 Å². The predicted octanol–water partition coefficient (Wildman–Crippen LogP) is 1.14. The highest BCUT2D eigenvalue weighted by Gasteiger charge is 2.62. The van der Waals surface area contributed by atoms with E-state index >= 15 is 0 Å². The van der Waals surface area contributed by atoms with E-state index in [1.165, 1.54) is 0 Å². The van der Waals surface area contributed by atoms with Crippen molar-refractivity contribution in [3.63, 3.8) is 0 Å². The molecular weight excluding hydrogens is 320 g/mol. The molecule has 2 saturated carbocycles. The zero-order valence-corrected chi connectivity index (χ0v) is 15.6. The van der Waals surface area contributed by atoms with Crippen LogP contribution in [0.25, 0.3) is 0 Å². The Balaban J connectivity index is 2.23. The first-order valence-corrected chi connectivity index (χ1v) is 9.24. The molecule has 0 aromatic heterocycles. The van der Waals surface area contributed by atoms with Gasteiger partial charge in [-0.25, -0.2) is 0 Å². The summed E-state index contributed by atoms with van der Waals surface area (Å²) in [5, 5.41) is 54.5. The minimum atomic E-state index is -1.25. The molecule has 0 unspecified atom stereocenters. The molecule has 0 amide bonds. The summed E-state index contributed by atoms with van der Waals surface area (Å²) in [4.78, 5) is 0. The van der Waals surface area contributed by atoms with E-state index < -0.39 is 47.3 Å². The van der Waals surface area contributed by atoms with Gasteiger partial charge in [0.15, 0.2) is 0 Å². The van der Waals surface area contributed by atoms with Crippen LogP contribution in [0.3, 0.4) is 0 Å². The van der Waals surface area contributed by atoms with Gasteiger partial charge in [0.1, 0.15) is 6.10 Å². The van der Waals surface area contributed by atoms with Crippen molar-refractivity contribution in [1.82, 2.24) is 0 Å². The van der Waals surface area contributed by atoms with Crippen LogP contribution in [0.4, 0.5) is 0 Å². The maximum atomic E-state index is 11.3. The van der Waals surface area contributed by atoms with E-state index in [1.54, 1.807) is 6.92 Å². The number of aliphatic hydroxyl groups excluding tert-OH is 5. The minimum absolute atomic E-state index is 0.0500. The molecule has 5 heteroatoms. The number of rotatable bonds is 0. The fourth-order valence-corrected chi connectivity index (χ4v) is 5.98. The normalized spacial score (nSPS) is 50.1. The van der Waals surface area contributed by atoms with Gasteiger partial charge >= 0.3 is 0 Å². The van der Waals surface area contributed by atoms with Gasteiger partial charge in [0, 0.05) is 17.8 Å². The van der Waals surface area contributed by atoms with Gasteiger partial charge in [0.2, 0.25) is 0 Å². The van der Waals surface area contributed by atoms with Crippen LogP contribution in [0, 0.1) is 22.7 Å². The Bertz CT molecular complexity index is 609. The molecule has 8 atom stereocenters. The van der Waals surface area contributed by atoms with E-state index in [9.17, 15) is 25.5 Å². The lowest BCUT2D eigenvalue weighted by Gasteiger charge is -2.59. The van der Waals surface area contributed by atoms with E-state index in [0.717, 1.165) is 24.0 Å². The summed E-state index contributed by atoms with van der Waals surface area (Å²) in [5.41, 5.74) is 0.603. The van der Waals surface area contributed by atoms with Gasteiger partial charge in [-0.1, -0.05) is 32.9 Å². The van der Waals surface area contributed by atoms with E-state index in [1.807, 2.05) is 20.8 Å². The van der Waals surface area contributed by atoms with Crippen LogP contribution in [0.15, 0.2) is 23.3 Å². The van der Waals surface area contributed by atoms with Gasteiger partial charge < -0.3 is 25.5 Å². The van der Waals surface area contributed by atoms with Crippen LogP contribution in [0.1, 0.15) is 47.0 Å². The van der Waals surface area contributed by atoms with Gasteiger partial charge in [-0.15, -0.1) is 0 Å². The summed E-state index contributed by atoms with van der Waals surface area (Å²) in [7, 11) is 0. The highest BCUT2D eigenvalue weighted by Crippen LogP contribution is 2.58. The average Bonchev–Trinajstić information content (AvgIpc) is 2.50. The largest absolute Gasteiger partial charge is 0.392 e. The summed E-state index contributed by atoms with van der Waals surface area (Å²) in [6.07, 6.45) is -3.62. The summed E-state index contributed by atoms with van der Waals surface area (Å²) in [5.74, 6) is -0.827. The van der Waals surface area contributed by atoms with Gasteiger partial charge in [0.05, 0.1) is 24.4 Å². The first kappa shape index (κ1) is 19.1. The minimum Gasteiger partial charge on any atom is -0.392 e. The molecule has 2 fully saturated rings. The molecular formula is C20H32O5. The van der Waals surface area contributed by atoms with Crippen molar-refractivity contribution in [2.24, 2.45) is 22.7 Å². The molecule has 0 aromatic carbocycles. The van der Waals surface area contributed by atoms with Crippen LogP contribution < -0.4 is 0 Å². The van der Waals surface area contributed by atoms with Crippen molar-refractivity contribution in [3.05, 3.63) is 23.3 Å². The number of allylic oxidation sites excluding steroid dienone is 1. The quantitative estimate of drug-likeness (QED) is 0.421. The fourth-order valence-electron chi connectivity index (χ4n) is 5.98. The van der Waals surface area contributed by atoms with Gasteiger partial charge in [-0.2, -0.15) is 0 Å². The molecule has 2 bridgehead atoms. The Morgan fingerprint density at radius 2 is 1.64 bits per heavy atom. The topological polar surface area (TPSA) is 101 Å². The Kier molecular flexibility index (Phi) is 4.49. The lowest BCUT2D eigenvalue weighted by atomic mass is 9.49. The lowest BCUT2D eigenvalue weighted by Crippen LogP contribution is -2.65. The predicted molar refractivity (Wildman–Crippen MR) is 94.6 cm³/mol. The van der Waals surface area contributed by atoms with Gasteiger partial charge in [-0.05, 0) is 42.2 Å². The molecule has 142 valence electrons. The molecule has 0 aliphatic heterocycles. The summed E-state index contributed by atoms with van der Waals surface area (Å²) in [6.45, 7) is 11.6. The second kappa shape index (κ2) is 5.89. The maximum Gasteiger partial charge on any atom is 0.102 e. The van der Waals surface area contributed by atoms with Gasteiger partial charge in [-0.3, -0.25) is 0 Å². The van der Waals surface area contributed by atoms with Gasteiger partial charge in [0.25, 0.3) is 0 Å². The third kappa shape index (κ3) is 2.40. The first-order chi connectivity index (χ1) is 11.5. The van der Waals surface area contributed by atoms with E-state index in [4.69, 9.17) is 0 Å². The summed E-state index contributed by atoms with van der Waals surface area (Å²) < 4.78 is 0. The third-order valence-electron chi connectivity index (χ3n) is 7.56. The Morgan fingerprint density at radius 3 is 2.24 bits per heavy atom. The molecule has 0 heterocycles. The fraction of sp³-hybridized carbons (Fsp3) is 0.800. The number of hydrogen-bond donors (Lipinski definition) is 5. The first-order valence-electron chi connectivity index (χ1n) is 9.24. The molecule has 25 heavy (non-hydrogen) atoms. The molecule has 3 aliphatic carbocycles. The molecule has 3 rings (SSSR count).